The standard InChI is InChI=1S/C67H92N8O19/c1-5-6-7-26-94-48-22-18-43(19-23-48)41-10-8-40(9-11-41)42-12-14-45(15-13-42)62(85)70-51-35-52(80)61(69-25-28-92-30-32-93-31-29-91-27-24-68)74-66(89)56-57(81)37(2)36-75(56)67(90)54(39(4)77)72-65(88)55(60(84)58(82)44-16-20-46(78)21-17-44)73-63(86)50-34-47(79)33-49(50)59(83)53(38(3)76)71-64(51)87/h8-23,37-39,47,49-58,60-61,69,76-82,84H,5-7,24-36,68H2,1-4H3,(H,70,85)(H,71,87)(H,72,88)(H,73,86)(H,74,89)/t37-,38+,39+,47-,49?,50?,51-,52+,53?,54?,55?,56?,57-,58-,60-,61?/m0/s1. The molecule has 7 rings (SSSR count). The van der Waals surface area contributed by atoms with E-state index in [1.807, 2.05) is 48.5 Å². The van der Waals surface area contributed by atoms with Gasteiger partial charge in [0.25, 0.3) is 5.91 Å². The number of unbranched alkanes of at least 4 members (excludes halogenated alkanes) is 2. The second-order valence-electron chi connectivity index (χ2n) is 24.2. The number of carbonyl (C=O) groups is 7. The van der Waals surface area contributed by atoms with E-state index >= 15 is 0 Å². The van der Waals surface area contributed by atoms with Crippen molar-refractivity contribution in [1.29, 1.82) is 0 Å². The fourth-order valence-electron chi connectivity index (χ4n) is 11.7. The minimum Gasteiger partial charge on any atom is -0.508 e. The molecule has 16 atom stereocenters. The number of hydrogen-bond acceptors (Lipinski definition) is 21. The number of phenols is 1. The molecule has 16 N–H and O–H groups in total. The number of nitrogens with one attached hydrogen (secondary N) is 6. The zero-order valence-corrected chi connectivity index (χ0v) is 53.4. The molecule has 4 aromatic rings. The Morgan fingerprint density at radius 1 is 0.628 bits per heavy atom. The molecule has 3 aliphatic rings. The third-order valence-electron chi connectivity index (χ3n) is 17.1. The van der Waals surface area contributed by atoms with Gasteiger partial charge in [-0.3, -0.25) is 38.9 Å². The van der Waals surface area contributed by atoms with Gasteiger partial charge < -0.3 is 97.0 Å². The molecule has 0 bridgehead atoms. The molecule has 27 heteroatoms. The molecule has 94 heavy (non-hydrogen) atoms. The lowest BCUT2D eigenvalue weighted by Crippen LogP contribution is -2.64. The zero-order valence-electron chi connectivity index (χ0n) is 53.4. The van der Waals surface area contributed by atoms with E-state index in [4.69, 9.17) is 24.7 Å². The second-order valence-corrected chi connectivity index (χ2v) is 24.2. The number of rotatable bonds is 26. The number of ketones is 1. The summed E-state index contributed by atoms with van der Waals surface area (Å²) in [7, 11) is 0. The summed E-state index contributed by atoms with van der Waals surface area (Å²) < 4.78 is 22.4. The quantitative estimate of drug-likeness (QED) is 0.0358. The van der Waals surface area contributed by atoms with Gasteiger partial charge >= 0.3 is 0 Å². The minimum absolute atomic E-state index is 0.0442. The van der Waals surface area contributed by atoms with Gasteiger partial charge in [-0.05, 0) is 97.3 Å². The molecule has 3 fully saturated rings. The topological polar surface area (TPSA) is 420 Å². The minimum atomic E-state index is -2.28. The third-order valence-corrected chi connectivity index (χ3v) is 17.1. The summed E-state index contributed by atoms with van der Waals surface area (Å²) in [6.07, 6.45) is -12.7. The Bertz CT molecular complexity index is 3110. The van der Waals surface area contributed by atoms with Crippen LogP contribution in [0.2, 0.25) is 0 Å². The van der Waals surface area contributed by atoms with Gasteiger partial charge in [0.1, 0.15) is 60.1 Å². The molecule has 1 aliphatic carbocycles. The number of hydrogen-bond donors (Lipinski definition) is 15. The number of carbonyl (C=O) groups excluding carboxylic acids is 7. The average molecular weight is 1310 g/mol. The number of phenolic OH excluding ortho intramolecular Hbond substituents is 1. The van der Waals surface area contributed by atoms with Crippen molar-refractivity contribution in [3.05, 3.63) is 108 Å². The fraction of sp³-hybridized carbons (Fsp3) is 0.537. The largest absolute Gasteiger partial charge is 0.508 e. The van der Waals surface area contributed by atoms with Crippen molar-refractivity contribution in [1.82, 2.24) is 36.8 Å². The first-order valence-corrected chi connectivity index (χ1v) is 32.0. The van der Waals surface area contributed by atoms with E-state index in [1.54, 1.807) is 12.1 Å². The number of fused-ring (bicyclic) bond motifs is 2. The third kappa shape index (κ3) is 20.0. The van der Waals surface area contributed by atoms with Crippen LogP contribution < -0.4 is 42.4 Å². The Morgan fingerprint density at radius 2 is 1.17 bits per heavy atom. The maximum absolute atomic E-state index is 14.9. The Balaban J connectivity index is 1.21. The molecule has 0 radical (unpaired) electrons. The molecule has 514 valence electrons. The number of ether oxygens (including phenoxy) is 4. The van der Waals surface area contributed by atoms with Crippen molar-refractivity contribution < 1.29 is 93.4 Å². The summed E-state index contributed by atoms with van der Waals surface area (Å²) in [5, 5.41) is 106. The van der Waals surface area contributed by atoms with E-state index in [2.05, 4.69) is 38.8 Å². The number of amides is 6. The van der Waals surface area contributed by atoms with E-state index < -0.39 is 157 Å². The molecular weight excluding hydrogens is 1220 g/mol. The highest BCUT2D eigenvalue weighted by Crippen LogP contribution is 2.36. The van der Waals surface area contributed by atoms with Gasteiger partial charge in [0, 0.05) is 43.5 Å². The Kier molecular flexibility index (Phi) is 28.2. The van der Waals surface area contributed by atoms with Crippen LogP contribution in [0.1, 0.15) is 88.2 Å². The highest BCUT2D eigenvalue weighted by molar-refractivity contribution is 6.01. The first kappa shape index (κ1) is 73.9. The highest BCUT2D eigenvalue weighted by Gasteiger charge is 2.51. The summed E-state index contributed by atoms with van der Waals surface area (Å²) in [6, 6.07) is 17.0. The summed E-state index contributed by atoms with van der Waals surface area (Å²) in [4.78, 5) is 104. The number of aliphatic hydroxyl groups is 7. The molecule has 27 nitrogen and oxygen atoms in total. The Hall–Kier alpha value is -7.51. The van der Waals surface area contributed by atoms with Crippen LogP contribution in [-0.4, -0.2) is 226 Å². The van der Waals surface area contributed by atoms with Crippen LogP contribution in [0.15, 0.2) is 97.1 Å². The number of Topliss-reactive ketones (excluding diaryl/α,β-unsaturated/α-hetero) is 1. The van der Waals surface area contributed by atoms with Crippen LogP contribution in [0.3, 0.4) is 0 Å². The van der Waals surface area contributed by atoms with Crippen LogP contribution in [0.4, 0.5) is 0 Å². The van der Waals surface area contributed by atoms with Crippen molar-refractivity contribution in [2.45, 2.75) is 145 Å². The van der Waals surface area contributed by atoms with Crippen molar-refractivity contribution in [3.63, 3.8) is 0 Å². The molecule has 0 spiro atoms. The zero-order chi connectivity index (χ0) is 68.2. The first-order valence-electron chi connectivity index (χ1n) is 32.0. The molecule has 1 saturated carbocycles. The summed E-state index contributed by atoms with van der Waals surface area (Å²) in [6.45, 7) is 7.59. The van der Waals surface area contributed by atoms with Crippen LogP contribution in [-0.2, 0) is 43.0 Å². The first-order chi connectivity index (χ1) is 45.0. The molecule has 2 heterocycles. The molecule has 7 unspecified atom stereocenters. The van der Waals surface area contributed by atoms with E-state index in [0.29, 0.717) is 26.4 Å². The lowest BCUT2D eigenvalue weighted by molar-refractivity contribution is -0.147. The monoisotopic (exact) mass is 1310 g/mol. The van der Waals surface area contributed by atoms with Gasteiger partial charge in [-0.2, -0.15) is 0 Å². The predicted octanol–water partition coefficient (Wildman–Crippen LogP) is -0.327. The molecule has 2 saturated heterocycles. The lowest BCUT2D eigenvalue weighted by Gasteiger charge is -2.34. The van der Waals surface area contributed by atoms with E-state index in [9.17, 15) is 74.4 Å². The van der Waals surface area contributed by atoms with Crippen molar-refractivity contribution >= 4 is 41.2 Å². The van der Waals surface area contributed by atoms with Crippen molar-refractivity contribution in [2.24, 2.45) is 23.5 Å². The lowest BCUT2D eigenvalue weighted by atomic mass is 9.85. The van der Waals surface area contributed by atoms with Crippen LogP contribution in [0.5, 0.6) is 11.5 Å². The van der Waals surface area contributed by atoms with Crippen molar-refractivity contribution in [3.8, 4) is 33.8 Å². The number of aliphatic hydroxyl groups excluding tert-OH is 7. The predicted molar refractivity (Wildman–Crippen MR) is 342 cm³/mol. The average Bonchev–Trinajstić information content (AvgIpc) is 1.59. The number of aromatic hydroxyl groups is 1. The van der Waals surface area contributed by atoms with E-state index in [1.165, 1.54) is 43.3 Å². The van der Waals surface area contributed by atoms with Crippen LogP contribution >= 0.6 is 0 Å². The molecule has 4 aromatic carbocycles. The Labute approximate surface area is 546 Å². The summed E-state index contributed by atoms with van der Waals surface area (Å²) in [5.74, 6) is -11.1. The normalized spacial score (nSPS) is 26.3. The van der Waals surface area contributed by atoms with Gasteiger partial charge in [-0.25, -0.2) is 0 Å². The van der Waals surface area contributed by atoms with Gasteiger partial charge in [0.05, 0.1) is 82.7 Å². The SMILES string of the molecule is CCCCCOc1ccc(-c2ccc(-c3ccc(C(=O)N[C@H]4C[C@@H](O)C(NCCOCCOCCOCCN)NC(=O)C5[C@@H](O)[C@@H](C)CN5C(=O)C([C@@H](C)O)NC(=O)C([C@H](O)[C@@H](O)c5ccc(O)cc5)NC(=O)C5C[C@@H](O)CC5C(=O)C([C@@H](C)O)NC4=O)cc3)cc2)cc1. The maximum atomic E-state index is 14.9. The Morgan fingerprint density at radius 3 is 1.76 bits per heavy atom. The van der Waals surface area contributed by atoms with Crippen LogP contribution in [0, 0.1) is 17.8 Å². The number of benzene rings is 4. The maximum Gasteiger partial charge on any atom is 0.251 e. The summed E-state index contributed by atoms with van der Waals surface area (Å²) in [5.41, 5.74) is 8.92. The van der Waals surface area contributed by atoms with Crippen molar-refractivity contribution in [2.75, 3.05) is 65.9 Å². The molecule has 0 aromatic heterocycles. The molecular formula is C67H92N8O19. The molecule has 2 aliphatic heterocycles. The van der Waals surface area contributed by atoms with E-state index in [-0.39, 0.29) is 56.4 Å². The fourth-order valence-corrected chi connectivity index (χ4v) is 11.7. The second kappa shape index (κ2) is 35.8. The van der Waals surface area contributed by atoms with Gasteiger partial charge in [-0.15, -0.1) is 0 Å². The number of nitrogens with zero attached hydrogens (tertiary/aromatic N) is 1. The molecule has 6 amide bonds. The smallest absolute Gasteiger partial charge is 0.251 e. The summed E-state index contributed by atoms with van der Waals surface area (Å²) >= 11 is 0. The van der Waals surface area contributed by atoms with Gasteiger partial charge in [0.2, 0.25) is 29.5 Å². The van der Waals surface area contributed by atoms with E-state index in [0.717, 1.165) is 66.0 Å². The number of nitrogens with two attached hydrogens (primary N) is 1. The highest BCUT2D eigenvalue weighted by atomic mass is 16.5. The van der Waals surface area contributed by atoms with Crippen LogP contribution in [0.25, 0.3) is 22.3 Å². The van der Waals surface area contributed by atoms with Gasteiger partial charge in [-0.1, -0.05) is 87.4 Å². The van der Waals surface area contributed by atoms with Gasteiger partial charge in [0.15, 0.2) is 5.78 Å².